The fourth-order valence-electron chi connectivity index (χ4n) is 2.61. The molecule has 0 N–H and O–H groups in total. The Morgan fingerprint density at radius 2 is 1.57 bits per heavy atom. The Balaban J connectivity index is 1.94. The number of nitrogens with zero attached hydrogens (tertiary/aromatic N) is 1. The van der Waals surface area contributed by atoms with Gasteiger partial charge >= 0.3 is 0 Å². The SMILES string of the molecule is CC1=NC(c2ccc(S(C)(=O)=O)cc2)C(c2ccc(F)cc2)O1. The Morgan fingerprint density at radius 3 is 2.13 bits per heavy atom. The molecule has 0 aromatic heterocycles. The number of hydrogen-bond acceptors (Lipinski definition) is 4. The van der Waals surface area contributed by atoms with Crippen molar-refractivity contribution in [3.05, 3.63) is 65.5 Å². The van der Waals surface area contributed by atoms with E-state index in [-0.39, 0.29) is 22.9 Å². The van der Waals surface area contributed by atoms with E-state index in [1.165, 1.54) is 18.4 Å². The molecule has 0 radical (unpaired) electrons. The van der Waals surface area contributed by atoms with Crippen molar-refractivity contribution in [2.24, 2.45) is 4.99 Å². The molecule has 120 valence electrons. The zero-order valence-corrected chi connectivity index (χ0v) is 13.5. The predicted octanol–water partition coefficient (Wildman–Crippen LogP) is 3.46. The molecule has 3 rings (SSSR count). The minimum Gasteiger partial charge on any atom is -0.471 e. The molecule has 2 aromatic rings. The van der Waals surface area contributed by atoms with E-state index in [2.05, 4.69) is 4.99 Å². The summed E-state index contributed by atoms with van der Waals surface area (Å²) in [4.78, 5) is 4.75. The first-order chi connectivity index (χ1) is 10.8. The van der Waals surface area contributed by atoms with Crippen molar-refractivity contribution in [3.8, 4) is 0 Å². The van der Waals surface area contributed by atoms with Crippen LogP contribution in [-0.2, 0) is 14.6 Å². The smallest absolute Gasteiger partial charge is 0.181 e. The summed E-state index contributed by atoms with van der Waals surface area (Å²) in [6.07, 6.45) is 0.823. The van der Waals surface area contributed by atoms with E-state index in [4.69, 9.17) is 4.74 Å². The van der Waals surface area contributed by atoms with Crippen molar-refractivity contribution < 1.29 is 17.5 Å². The molecule has 0 saturated carbocycles. The predicted molar refractivity (Wildman–Crippen MR) is 85.6 cm³/mol. The summed E-state index contributed by atoms with van der Waals surface area (Å²) in [7, 11) is -3.23. The highest BCUT2D eigenvalue weighted by Gasteiger charge is 2.32. The molecule has 0 saturated heterocycles. The molecule has 23 heavy (non-hydrogen) atoms. The maximum Gasteiger partial charge on any atom is 0.181 e. The third kappa shape index (κ3) is 3.27. The van der Waals surface area contributed by atoms with Crippen LogP contribution in [0.4, 0.5) is 4.39 Å². The van der Waals surface area contributed by atoms with E-state index in [1.54, 1.807) is 43.3 Å². The first-order valence-corrected chi connectivity index (χ1v) is 9.00. The number of halogens is 1. The average molecular weight is 333 g/mol. The molecule has 0 fully saturated rings. The van der Waals surface area contributed by atoms with Gasteiger partial charge in [-0.15, -0.1) is 0 Å². The Labute approximate surface area is 134 Å². The zero-order chi connectivity index (χ0) is 16.6. The van der Waals surface area contributed by atoms with Crippen LogP contribution >= 0.6 is 0 Å². The largest absolute Gasteiger partial charge is 0.471 e. The topological polar surface area (TPSA) is 55.7 Å². The lowest BCUT2D eigenvalue weighted by Crippen LogP contribution is -2.08. The van der Waals surface area contributed by atoms with Gasteiger partial charge in [0.15, 0.2) is 21.8 Å². The molecule has 0 spiro atoms. The van der Waals surface area contributed by atoms with Crippen LogP contribution in [0.3, 0.4) is 0 Å². The van der Waals surface area contributed by atoms with Crippen molar-refractivity contribution >= 4 is 15.7 Å². The Morgan fingerprint density at radius 1 is 1.00 bits per heavy atom. The summed E-state index contributed by atoms with van der Waals surface area (Å²) in [6.45, 7) is 1.77. The normalized spacial score (nSPS) is 20.9. The van der Waals surface area contributed by atoms with Gasteiger partial charge in [-0.2, -0.15) is 0 Å². The summed E-state index contributed by atoms with van der Waals surface area (Å²) in [5.41, 5.74) is 1.67. The molecule has 1 aliphatic rings. The number of benzene rings is 2. The van der Waals surface area contributed by atoms with Gasteiger partial charge in [-0.1, -0.05) is 24.3 Å². The highest BCUT2D eigenvalue weighted by atomic mass is 32.2. The van der Waals surface area contributed by atoms with E-state index < -0.39 is 9.84 Å². The molecule has 2 atom stereocenters. The van der Waals surface area contributed by atoms with E-state index in [0.29, 0.717) is 5.90 Å². The molecule has 4 nitrogen and oxygen atoms in total. The monoisotopic (exact) mass is 333 g/mol. The Bertz CT molecular complexity index is 842. The third-order valence-corrected chi connectivity index (χ3v) is 4.88. The van der Waals surface area contributed by atoms with Gasteiger partial charge in [-0.3, -0.25) is 0 Å². The van der Waals surface area contributed by atoms with Crippen molar-refractivity contribution in [3.63, 3.8) is 0 Å². The van der Waals surface area contributed by atoms with Gasteiger partial charge in [0.1, 0.15) is 11.9 Å². The second-order valence-electron chi connectivity index (χ2n) is 5.52. The molecule has 1 aliphatic heterocycles. The lowest BCUT2D eigenvalue weighted by atomic mass is 9.97. The number of rotatable bonds is 3. The Hall–Kier alpha value is -2.21. The molecule has 0 bridgehead atoms. The molecule has 2 unspecified atom stereocenters. The molecule has 1 heterocycles. The van der Waals surface area contributed by atoms with E-state index in [9.17, 15) is 12.8 Å². The number of hydrogen-bond donors (Lipinski definition) is 0. The van der Waals surface area contributed by atoms with Gasteiger partial charge in [0, 0.05) is 13.2 Å². The second kappa shape index (κ2) is 5.77. The van der Waals surface area contributed by atoms with Crippen LogP contribution in [0.5, 0.6) is 0 Å². The van der Waals surface area contributed by atoms with Gasteiger partial charge in [0.2, 0.25) is 0 Å². The van der Waals surface area contributed by atoms with Crippen LogP contribution in [0.25, 0.3) is 0 Å². The zero-order valence-electron chi connectivity index (χ0n) is 12.7. The lowest BCUT2D eigenvalue weighted by molar-refractivity contribution is 0.195. The van der Waals surface area contributed by atoms with Crippen LogP contribution in [0.2, 0.25) is 0 Å². The second-order valence-corrected chi connectivity index (χ2v) is 7.54. The maximum absolute atomic E-state index is 13.1. The first kappa shape index (κ1) is 15.7. The molecular weight excluding hydrogens is 317 g/mol. The van der Waals surface area contributed by atoms with E-state index in [1.807, 2.05) is 0 Å². The fourth-order valence-corrected chi connectivity index (χ4v) is 3.24. The summed E-state index contributed by atoms with van der Waals surface area (Å²) in [5, 5.41) is 0. The average Bonchev–Trinajstić information content (AvgIpc) is 2.89. The highest BCUT2D eigenvalue weighted by Crippen LogP contribution is 2.40. The van der Waals surface area contributed by atoms with Gasteiger partial charge in [0.05, 0.1) is 4.90 Å². The minimum absolute atomic E-state index is 0.263. The summed E-state index contributed by atoms with van der Waals surface area (Å²) in [5.74, 6) is 0.245. The van der Waals surface area contributed by atoms with E-state index in [0.717, 1.165) is 11.1 Å². The van der Waals surface area contributed by atoms with Crippen LogP contribution in [-0.4, -0.2) is 20.6 Å². The maximum atomic E-state index is 13.1. The summed E-state index contributed by atoms with van der Waals surface area (Å²) < 4.78 is 42.0. The number of sulfone groups is 1. The third-order valence-electron chi connectivity index (χ3n) is 3.75. The van der Waals surface area contributed by atoms with Crippen molar-refractivity contribution in [1.29, 1.82) is 0 Å². The van der Waals surface area contributed by atoms with E-state index >= 15 is 0 Å². The molecular formula is C17H16FNO3S. The van der Waals surface area contributed by atoms with Crippen molar-refractivity contribution in [1.82, 2.24) is 0 Å². The lowest BCUT2D eigenvalue weighted by Gasteiger charge is -2.18. The van der Waals surface area contributed by atoms with Gasteiger partial charge in [0.25, 0.3) is 0 Å². The van der Waals surface area contributed by atoms with Crippen molar-refractivity contribution in [2.45, 2.75) is 24.0 Å². The van der Waals surface area contributed by atoms with Gasteiger partial charge < -0.3 is 4.74 Å². The van der Waals surface area contributed by atoms with Gasteiger partial charge in [-0.05, 0) is 35.4 Å². The highest BCUT2D eigenvalue weighted by molar-refractivity contribution is 7.90. The molecule has 6 heteroatoms. The molecule has 0 aliphatic carbocycles. The van der Waals surface area contributed by atoms with Crippen LogP contribution in [0, 0.1) is 5.82 Å². The molecule has 0 amide bonds. The van der Waals surface area contributed by atoms with Gasteiger partial charge in [-0.25, -0.2) is 17.8 Å². The quantitative estimate of drug-likeness (QED) is 0.864. The number of aliphatic imine (C=N–C) groups is 1. The fraction of sp³-hybridized carbons (Fsp3) is 0.235. The first-order valence-electron chi connectivity index (χ1n) is 7.11. The molecule has 2 aromatic carbocycles. The summed E-state index contributed by atoms with van der Waals surface area (Å²) in [6, 6.07) is 12.4. The van der Waals surface area contributed by atoms with Crippen molar-refractivity contribution in [2.75, 3.05) is 6.26 Å². The van der Waals surface area contributed by atoms with Crippen LogP contribution in [0.1, 0.15) is 30.2 Å². The Kier molecular flexibility index (Phi) is 3.93. The standard InChI is InChI=1S/C17H16FNO3S/c1-11-19-16(12-5-9-15(10-6-12)23(2,20)21)17(22-11)13-3-7-14(18)8-4-13/h3-10,16-17H,1-2H3. The number of ether oxygens (including phenoxy) is 1. The van der Waals surface area contributed by atoms with Crippen LogP contribution < -0.4 is 0 Å². The minimum atomic E-state index is -3.23. The summed E-state index contributed by atoms with van der Waals surface area (Å²) >= 11 is 0. The van der Waals surface area contributed by atoms with Crippen LogP contribution in [0.15, 0.2) is 58.4 Å².